The largest absolute Gasteiger partial charge is 0.497 e. The van der Waals surface area contributed by atoms with Gasteiger partial charge in [-0.1, -0.05) is 24.6 Å². The molecular weight excluding hydrogens is 469 g/mol. The fourth-order valence-electron chi connectivity index (χ4n) is 4.31. The van der Waals surface area contributed by atoms with Crippen molar-refractivity contribution in [2.45, 2.75) is 45.1 Å². The summed E-state index contributed by atoms with van der Waals surface area (Å²) in [4.78, 5) is 17.0. The third-order valence-corrected chi connectivity index (χ3v) is 6.29. The van der Waals surface area contributed by atoms with E-state index in [2.05, 4.69) is 28.1 Å². The fourth-order valence-corrected chi connectivity index (χ4v) is 4.31. The van der Waals surface area contributed by atoms with E-state index in [0.717, 1.165) is 73.4 Å². The standard InChI is InChI=1S/C30H34FN3O3/c1-36-25-10-9-11-26(22-25)37-21-8-7-20-34-28-13-5-4-12-27(28)33-29(34)14-3-2-6-19-32-30(35)23-15-17-24(31)18-16-23/h4-5,9-13,15-18,22H,2-3,6-8,14,19-21H2,1H3,(H,32,35). The predicted molar refractivity (Wildman–Crippen MR) is 144 cm³/mol. The van der Waals surface area contributed by atoms with E-state index in [1.807, 2.05) is 30.3 Å². The van der Waals surface area contributed by atoms with Crippen LogP contribution >= 0.6 is 0 Å². The molecule has 0 unspecified atom stereocenters. The van der Waals surface area contributed by atoms with Crippen molar-refractivity contribution < 1.29 is 18.7 Å². The van der Waals surface area contributed by atoms with E-state index >= 15 is 0 Å². The van der Waals surface area contributed by atoms with E-state index in [0.29, 0.717) is 18.7 Å². The van der Waals surface area contributed by atoms with Crippen LogP contribution in [0.2, 0.25) is 0 Å². The maximum atomic E-state index is 13.0. The average molecular weight is 504 g/mol. The van der Waals surface area contributed by atoms with E-state index in [9.17, 15) is 9.18 Å². The number of fused-ring (bicyclic) bond motifs is 1. The number of carbonyl (C=O) groups is 1. The Hall–Kier alpha value is -3.87. The third-order valence-electron chi connectivity index (χ3n) is 6.29. The van der Waals surface area contributed by atoms with Gasteiger partial charge in [-0.05, 0) is 74.2 Å². The number of hydrogen-bond acceptors (Lipinski definition) is 4. The van der Waals surface area contributed by atoms with Gasteiger partial charge < -0.3 is 19.4 Å². The zero-order chi connectivity index (χ0) is 25.9. The first-order chi connectivity index (χ1) is 18.1. The molecule has 0 saturated carbocycles. The molecule has 0 aliphatic carbocycles. The van der Waals surface area contributed by atoms with Gasteiger partial charge in [0.05, 0.1) is 24.8 Å². The van der Waals surface area contributed by atoms with Crippen LogP contribution in [0.15, 0.2) is 72.8 Å². The van der Waals surface area contributed by atoms with Crippen LogP contribution < -0.4 is 14.8 Å². The number of halogens is 1. The lowest BCUT2D eigenvalue weighted by molar-refractivity contribution is 0.0953. The SMILES string of the molecule is COc1cccc(OCCCCn2c(CCCCCNC(=O)c3ccc(F)cc3)nc3ccccc32)c1. The molecule has 0 spiro atoms. The van der Waals surface area contributed by atoms with Gasteiger partial charge >= 0.3 is 0 Å². The van der Waals surface area contributed by atoms with Crippen molar-refractivity contribution in [3.8, 4) is 11.5 Å². The summed E-state index contributed by atoms with van der Waals surface area (Å²) in [5, 5.41) is 2.91. The summed E-state index contributed by atoms with van der Waals surface area (Å²) in [7, 11) is 1.65. The van der Waals surface area contributed by atoms with Crippen LogP contribution in [0.1, 0.15) is 48.3 Å². The zero-order valence-corrected chi connectivity index (χ0v) is 21.3. The quantitative estimate of drug-likeness (QED) is 0.209. The normalized spacial score (nSPS) is 11.0. The highest BCUT2D eigenvalue weighted by molar-refractivity contribution is 5.94. The topological polar surface area (TPSA) is 65.4 Å². The van der Waals surface area contributed by atoms with Crippen molar-refractivity contribution in [3.63, 3.8) is 0 Å². The average Bonchev–Trinajstić information content (AvgIpc) is 3.28. The predicted octanol–water partition coefficient (Wildman–Crippen LogP) is 6.19. The molecule has 0 fully saturated rings. The van der Waals surface area contributed by atoms with Crippen LogP contribution in [0.3, 0.4) is 0 Å². The summed E-state index contributed by atoms with van der Waals surface area (Å²) < 4.78 is 26.5. The Labute approximate surface area is 217 Å². The minimum absolute atomic E-state index is 0.169. The Morgan fingerprint density at radius 2 is 1.73 bits per heavy atom. The number of para-hydroxylation sites is 2. The van der Waals surface area contributed by atoms with Gasteiger partial charge in [0.2, 0.25) is 0 Å². The van der Waals surface area contributed by atoms with Gasteiger partial charge in [0.25, 0.3) is 5.91 Å². The number of aromatic nitrogens is 2. The lowest BCUT2D eigenvalue weighted by atomic mass is 10.1. The number of unbranched alkanes of at least 4 members (excludes halogenated alkanes) is 3. The third kappa shape index (κ3) is 7.56. The monoisotopic (exact) mass is 503 g/mol. The fraction of sp³-hybridized carbons (Fsp3) is 0.333. The summed E-state index contributed by atoms with van der Waals surface area (Å²) in [6.07, 6.45) is 5.69. The van der Waals surface area contributed by atoms with Gasteiger partial charge in [-0.15, -0.1) is 0 Å². The second kappa shape index (κ2) is 13.4. The van der Waals surface area contributed by atoms with Gasteiger partial charge in [0, 0.05) is 31.1 Å². The van der Waals surface area contributed by atoms with Crippen LogP contribution in [0.5, 0.6) is 11.5 Å². The van der Waals surface area contributed by atoms with Gasteiger partial charge in [-0.2, -0.15) is 0 Å². The minimum atomic E-state index is -0.343. The van der Waals surface area contributed by atoms with Crippen molar-refractivity contribution in [1.29, 1.82) is 0 Å². The molecule has 0 bridgehead atoms. The van der Waals surface area contributed by atoms with Crippen LogP contribution in [0.4, 0.5) is 4.39 Å². The summed E-state index contributed by atoms with van der Waals surface area (Å²) in [6, 6.07) is 21.5. The molecule has 0 aliphatic heterocycles. The molecule has 4 rings (SSSR count). The molecule has 1 N–H and O–H groups in total. The Morgan fingerprint density at radius 3 is 2.57 bits per heavy atom. The highest BCUT2D eigenvalue weighted by Crippen LogP contribution is 2.21. The Kier molecular flexibility index (Phi) is 9.52. The molecular formula is C30H34FN3O3. The second-order valence-corrected chi connectivity index (χ2v) is 8.98. The number of imidazole rings is 1. The van der Waals surface area contributed by atoms with Crippen LogP contribution in [0, 0.1) is 5.82 Å². The first kappa shape index (κ1) is 26.2. The van der Waals surface area contributed by atoms with E-state index in [-0.39, 0.29) is 11.7 Å². The molecule has 194 valence electrons. The molecule has 1 amide bonds. The number of carbonyl (C=O) groups excluding carboxylic acids is 1. The Balaban J connectivity index is 1.21. The maximum absolute atomic E-state index is 13.0. The number of hydrogen-bond donors (Lipinski definition) is 1. The molecule has 37 heavy (non-hydrogen) atoms. The second-order valence-electron chi connectivity index (χ2n) is 8.98. The first-order valence-corrected chi connectivity index (χ1v) is 12.9. The minimum Gasteiger partial charge on any atom is -0.497 e. The molecule has 0 saturated heterocycles. The van der Waals surface area contributed by atoms with Crippen molar-refractivity contribution in [1.82, 2.24) is 14.9 Å². The molecule has 3 aromatic carbocycles. The number of ether oxygens (including phenoxy) is 2. The number of aryl methyl sites for hydroxylation is 2. The zero-order valence-electron chi connectivity index (χ0n) is 21.3. The summed E-state index contributed by atoms with van der Waals surface area (Å²) in [6.45, 7) is 2.14. The van der Waals surface area contributed by atoms with E-state index < -0.39 is 0 Å². The van der Waals surface area contributed by atoms with E-state index in [1.165, 1.54) is 24.3 Å². The van der Waals surface area contributed by atoms with Crippen LogP contribution in [-0.4, -0.2) is 35.7 Å². The summed E-state index contributed by atoms with van der Waals surface area (Å²) in [5.41, 5.74) is 2.67. The molecule has 6 nitrogen and oxygen atoms in total. The van der Waals surface area contributed by atoms with Gasteiger partial charge in [0.15, 0.2) is 0 Å². The smallest absolute Gasteiger partial charge is 0.251 e. The van der Waals surface area contributed by atoms with Crippen molar-refractivity contribution in [3.05, 3.63) is 90.0 Å². The number of benzene rings is 3. The van der Waals surface area contributed by atoms with E-state index in [1.54, 1.807) is 7.11 Å². The van der Waals surface area contributed by atoms with Crippen molar-refractivity contribution in [2.75, 3.05) is 20.3 Å². The summed E-state index contributed by atoms with van der Waals surface area (Å²) >= 11 is 0. The molecule has 7 heteroatoms. The number of amides is 1. The summed E-state index contributed by atoms with van der Waals surface area (Å²) in [5.74, 6) is 2.20. The Bertz CT molecular complexity index is 1290. The molecule has 0 aliphatic rings. The molecule has 1 heterocycles. The molecule has 1 aromatic heterocycles. The number of rotatable bonds is 14. The highest BCUT2D eigenvalue weighted by Gasteiger charge is 2.10. The lowest BCUT2D eigenvalue weighted by Crippen LogP contribution is -2.24. The molecule has 0 atom stereocenters. The van der Waals surface area contributed by atoms with Gasteiger partial charge in [0.1, 0.15) is 23.1 Å². The van der Waals surface area contributed by atoms with Crippen LogP contribution in [-0.2, 0) is 13.0 Å². The number of nitrogens with one attached hydrogen (secondary N) is 1. The number of methoxy groups -OCH3 is 1. The van der Waals surface area contributed by atoms with Crippen LogP contribution in [0.25, 0.3) is 11.0 Å². The van der Waals surface area contributed by atoms with Crippen molar-refractivity contribution >= 4 is 16.9 Å². The lowest BCUT2D eigenvalue weighted by Gasteiger charge is -2.11. The maximum Gasteiger partial charge on any atom is 0.251 e. The van der Waals surface area contributed by atoms with Crippen molar-refractivity contribution in [2.24, 2.45) is 0 Å². The molecule has 0 radical (unpaired) electrons. The highest BCUT2D eigenvalue weighted by atomic mass is 19.1. The van der Waals surface area contributed by atoms with Gasteiger partial charge in [-0.25, -0.2) is 9.37 Å². The molecule has 4 aromatic rings. The Morgan fingerprint density at radius 1 is 0.919 bits per heavy atom. The number of nitrogens with zero attached hydrogens (tertiary/aromatic N) is 2. The van der Waals surface area contributed by atoms with Gasteiger partial charge in [-0.3, -0.25) is 4.79 Å². The first-order valence-electron chi connectivity index (χ1n) is 12.9. The van der Waals surface area contributed by atoms with E-state index in [4.69, 9.17) is 14.5 Å².